The zero-order valence-electron chi connectivity index (χ0n) is 22.8. The number of unbranched alkanes of at least 4 members (excludes halogenated alkanes) is 1. The minimum atomic E-state index is -1.20. The van der Waals surface area contributed by atoms with E-state index in [9.17, 15) is 5.11 Å². The van der Waals surface area contributed by atoms with Crippen LogP contribution < -0.4 is 4.74 Å². The first kappa shape index (κ1) is 27.3. The van der Waals surface area contributed by atoms with Crippen LogP contribution >= 0.6 is 15.9 Å². The van der Waals surface area contributed by atoms with Crippen molar-refractivity contribution in [2.75, 3.05) is 27.7 Å². The number of ether oxygens (including phenoxy) is 1. The van der Waals surface area contributed by atoms with E-state index >= 15 is 0 Å². The fraction of sp³-hybridized carbons (Fsp3) is 0.265. The third-order valence-electron chi connectivity index (χ3n) is 7.55. The lowest BCUT2D eigenvalue weighted by Gasteiger charge is -2.38. The summed E-state index contributed by atoms with van der Waals surface area (Å²) in [4.78, 5) is 7.09. The number of nitrogens with zero attached hydrogens (tertiary/aromatic N) is 2. The van der Waals surface area contributed by atoms with Gasteiger partial charge in [0.2, 0.25) is 5.88 Å². The molecule has 1 N–H and O–H groups in total. The van der Waals surface area contributed by atoms with E-state index in [0.29, 0.717) is 12.3 Å². The minimum absolute atomic E-state index is 0.398. The molecule has 4 nitrogen and oxygen atoms in total. The van der Waals surface area contributed by atoms with Gasteiger partial charge in [0.25, 0.3) is 0 Å². The van der Waals surface area contributed by atoms with Crippen molar-refractivity contribution in [1.82, 2.24) is 9.88 Å². The van der Waals surface area contributed by atoms with Crippen LogP contribution in [0.2, 0.25) is 0 Å². The van der Waals surface area contributed by atoms with Gasteiger partial charge in [-0.3, -0.25) is 0 Å². The number of aromatic nitrogens is 1. The number of hydrogen-bond acceptors (Lipinski definition) is 4. The maximum absolute atomic E-state index is 13.0. The topological polar surface area (TPSA) is 45.6 Å². The maximum atomic E-state index is 13.0. The highest BCUT2D eigenvalue weighted by Crippen LogP contribution is 2.48. The molecule has 0 aliphatic rings. The van der Waals surface area contributed by atoms with E-state index in [1.54, 1.807) is 7.11 Å². The van der Waals surface area contributed by atoms with E-state index in [-0.39, 0.29) is 0 Å². The van der Waals surface area contributed by atoms with Crippen molar-refractivity contribution in [2.24, 2.45) is 0 Å². The summed E-state index contributed by atoms with van der Waals surface area (Å²) in [6.45, 7) is 0.971. The fourth-order valence-electron chi connectivity index (χ4n) is 5.61. The van der Waals surface area contributed by atoms with Gasteiger partial charge in [0.15, 0.2) is 0 Å². The van der Waals surface area contributed by atoms with Gasteiger partial charge in [0.05, 0.1) is 12.6 Å². The van der Waals surface area contributed by atoms with Gasteiger partial charge in [-0.25, -0.2) is 4.98 Å². The van der Waals surface area contributed by atoms with Crippen molar-refractivity contribution in [3.8, 4) is 5.88 Å². The van der Waals surface area contributed by atoms with Crippen LogP contribution in [-0.4, -0.2) is 42.7 Å². The van der Waals surface area contributed by atoms with Crippen molar-refractivity contribution in [1.29, 1.82) is 0 Å². The molecule has 200 valence electrons. The summed E-state index contributed by atoms with van der Waals surface area (Å²) in [5.74, 6) is 0.135. The van der Waals surface area contributed by atoms with E-state index in [1.807, 2.05) is 42.5 Å². The highest BCUT2D eigenvalue weighted by molar-refractivity contribution is 9.10. The van der Waals surface area contributed by atoms with Gasteiger partial charge in [-0.2, -0.15) is 0 Å². The Hall–Kier alpha value is -3.25. The second-order valence-corrected chi connectivity index (χ2v) is 11.4. The van der Waals surface area contributed by atoms with E-state index < -0.39 is 11.5 Å². The molecule has 1 heterocycles. The molecule has 0 saturated heterocycles. The SMILES string of the molecule is COc1nc2ccc(Br)cc2cc1C(c1ccccc1)C(O)(CCCCN(C)C)c1ccc2ccccc2c1. The highest BCUT2D eigenvalue weighted by Gasteiger charge is 2.42. The molecule has 5 heteroatoms. The van der Waals surface area contributed by atoms with Crippen molar-refractivity contribution in [2.45, 2.75) is 30.8 Å². The number of halogens is 1. The van der Waals surface area contributed by atoms with Crippen LogP contribution in [0.4, 0.5) is 0 Å². The van der Waals surface area contributed by atoms with Crippen LogP contribution in [0.15, 0.2) is 102 Å². The molecule has 0 radical (unpaired) electrons. The zero-order chi connectivity index (χ0) is 27.4. The number of pyridine rings is 1. The van der Waals surface area contributed by atoms with Gasteiger partial charge in [-0.15, -0.1) is 0 Å². The summed E-state index contributed by atoms with van der Waals surface area (Å²) in [6.07, 6.45) is 2.46. The molecule has 0 amide bonds. The lowest BCUT2D eigenvalue weighted by atomic mass is 9.71. The molecule has 2 atom stereocenters. The highest BCUT2D eigenvalue weighted by atomic mass is 79.9. The number of methoxy groups -OCH3 is 1. The second kappa shape index (κ2) is 11.9. The monoisotopic (exact) mass is 582 g/mol. The Balaban J connectivity index is 1.74. The summed E-state index contributed by atoms with van der Waals surface area (Å²) >= 11 is 3.62. The number of aliphatic hydroxyl groups is 1. The molecule has 39 heavy (non-hydrogen) atoms. The Morgan fingerprint density at radius 3 is 2.33 bits per heavy atom. The van der Waals surface area contributed by atoms with Crippen molar-refractivity contribution < 1.29 is 9.84 Å². The molecule has 0 bridgehead atoms. The second-order valence-electron chi connectivity index (χ2n) is 10.5. The summed E-state index contributed by atoms with van der Waals surface area (Å²) < 4.78 is 6.89. The Morgan fingerprint density at radius 1 is 0.846 bits per heavy atom. The van der Waals surface area contributed by atoms with Crippen LogP contribution in [0, 0.1) is 0 Å². The molecular weight excluding hydrogens is 548 g/mol. The van der Waals surface area contributed by atoms with Gasteiger partial charge in [0.1, 0.15) is 5.60 Å². The molecule has 0 fully saturated rings. The Labute approximate surface area is 239 Å². The predicted molar refractivity (Wildman–Crippen MR) is 165 cm³/mol. The van der Waals surface area contributed by atoms with Crippen LogP contribution in [0.3, 0.4) is 0 Å². The molecule has 0 spiro atoms. The minimum Gasteiger partial charge on any atom is -0.481 e. The Morgan fingerprint density at radius 2 is 1.59 bits per heavy atom. The smallest absolute Gasteiger partial charge is 0.217 e. The normalized spacial score (nSPS) is 14.0. The molecular formula is C34H35BrN2O2. The van der Waals surface area contributed by atoms with Crippen LogP contribution in [0.1, 0.15) is 41.9 Å². The lowest BCUT2D eigenvalue weighted by molar-refractivity contribution is 0.00690. The first-order chi connectivity index (χ1) is 18.9. The molecule has 0 saturated carbocycles. The summed E-state index contributed by atoms with van der Waals surface area (Å²) in [7, 11) is 5.84. The molecule has 5 rings (SSSR count). The van der Waals surface area contributed by atoms with Crippen molar-refractivity contribution >= 4 is 37.6 Å². The van der Waals surface area contributed by atoms with Gasteiger partial charge >= 0.3 is 0 Å². The Bertz CT molecular complexity index is 1570. The number of hydrogen-bond donors (Lipinski definition) is 1. The zero-order valence-corrected chi connectivity index (χ0v) is 24.4. The largest absolute Gasteiger partial charge is 0.481 e. The molecule has 4 aromatic carbocycles. The summed E-state index contributed by atoms with van der Waals surface area (Å²) in [5, 5.41) is 16.3. The molecule has 5 aromatic rings. The van der Waals surface area contributed by atoms with Crippen LogP contribution in [-0.2, 0) is 5.60 Å². The lowest BCUT2D eigenvalue weighted by Crippen LogP contribution is -2.35. The van der Waals surface area contributed by atoms with Gasteiger partial charge in [0, 0.05) is 21.3 Å². The quantitative estimate of drug-likeness (QED) is 0.170. The standard InChI is InChI=1S/C34H35BrN2O2/c1-37(2)20-10-9-19-34(38,28-16-15-24-11-7-8-14-26(24)21-28)32(25-12-5-4-6-13-25)30-23-27-22-29(35)17-18-31(27)36-33(30)39-3/h4-8,11-18,21-23,32,38H,9-10,19-20H2,1-3H3. The fourth-order valence-corrected chi connectivity index (χ4v) is 5.99. The molecule has 2 unspecified atom stereocenters. The van der Waals surface area contributed by atoms with Crippen LogP contribution in [0.5, 0.6) is 5.88 Å². The molecule has 1 aromatic heterocycles. The van der Waals surface area contributed by atoms with Gasteiger partial charge in [-0.1, -0.05) is 82.7 Å². The van der Waals surface area contributed by atoms with Crippen molar-refractivity contribution in [3.05, 3.63) is 118 Å². The average molecular weight is 584 g/mol. The van der Waals surface area contributed by atoms with Crippen molar-refractivity contribution in [3.63, 3.8) is 0 Å². The first-order valence-corrected chi connectivity index (χ1v) is 14.2. The maximum Gasteiger partial charge on any atom is 0.217 e. The number of benzene rings is 4. The third-order valence-corrected chi connectivity index (χ3v) is 8.04. The van der Waals surface area contributed by atoms with E-state index in [1.165, 1.54) is 0 Å². The van der Waals surface area contributed by atoms with E-state index in [0.717, 1.165) is 62.2 Å². The predicted octanol–water partition coefficient (Wildman–Crippen LogP) is 7.91. The first-order valence-electron chi connectivity index (χ1n) is 13.4. The Kier molecular flexibility index (Phi) is 8.31. The molecule has 0 aliphatic carbocycles. The third kappa shape index (κ3) is 5.86. The average Bonchev–Trinajstić information content (AvgIpc) is 2.95. The number of rotatable bonds is 10. The van der Waals surface area contributed by atoms with Gasteiger partial charge < -0.3 is 14.7 Å². The van der Waals surface area contributed by atoms with Gasteiger partial charge in [-0.05, 0) is 92.1 Å². The van der Waals surface area contributed by atoms with Crippen LogP contribution in [0.25, 0.3) is 21.7 Å². The van der Waals surface area contributed by atoms with E-state index in [2.05, 4.69) is 89.5 Å². The summed E-state index contributed by atoms with van der Waals surface area (Å²) in [6, 6.07) is 33.1. The summed E-state index contributed by atoms with van der Waals surface area (Å²) in [5.41, 5.74) is 2.45. The van der Waals surface area contributed by atoms with E-state index in [4.69, 9.17) is 9.72 Å². The molecule has 0 aliphatic heterocycles. The number of fused-ring (bicyclic) bond motifs is 2.